The van der Waals surface area contributed by atoms with Crippen LogP contribution in [0.3, 0.4) is 0 Å². The van der Waals surface area contributed by atoms with Crippen molar-refractivity contribution in [1.29, 1.82) is 0 Å². The van der Waals surface area contributed by atoms with Crippen molar-refractivity contribution in [3.63, 3.8) is 0 Å². The fourth-order valence-electron chi connectivity index (χ4n) is 2.71. The Morgan fingerprint density at radius 1 is 1.32 bits per heavy atom. The van der Waals surface area contributed by atoms with E-state index in [2.05, 4.69) is 11.8 Å². The Kier molecular flexibility index (Phi) is 4.54. The molecule has 2 nitrogen and oxygen atoms in total. The van der Waals surface area contributed by atoms with Crippen molar-refractivity contribution < 1.29 is 4.79 Å². The first-order valence-electron chi connectivity index (χ1n) is 6.74. The van der Waals surface area contributed by atoms with E-state index >= 15 is 0 Å². The molecule has 1 aliphatic heterocycles. The fourth-order valence-corrected chi connectivity index (χ4v) is 3.09. The van der Waals surface area contributed by atoms with Crippen molar-refractivity contribution in [2.24, 2.45) is 0 Å². The summed E-state index contributed by atoms with van der Waals surface area (Å²) < 4.78 is 0. The van der Waals surface area contributed by atoms with Crippen LogP contribution in [0.15, 0.2) is 18.2 Å². The maximum Gasteiger partial charge on any atom is 0.184 e. The van der Waals surface area contributed by atoms with E-state index in [9.17, 15) is 4.79 Å². The number of benzene rings is 1. The molecule has 0 N–H and O–H groups in total. The summed E-state index contributed by atoms with van der Waals surface area (Å²) in [6, 6.07) is 5.25. The van der Waals surface area contributed by atoms with Crippen molar-refractivity contribution >= 4 is 29.0 Å². The average Bonchev–Trinajstić information content (AvgIpc) is 2.94. The number of carbonyl (C=O) groups excluding carboxylic acids is 1. The zero-order chi connectivity index (χ0) is 14.0. The van der Waals surface area contributed by atoms with E-state index in [0.717, 1.165) is 32.4 Å². The molecule has 1 aliphatic rings. The van der Waals surface area contributed by atoms with Crippen LogP contribution in [0.1, 0.15) is 43.5 Å². The van der Waals surface area contributed by atoms with Crippen LogP contribution in [0.4, 0.5) is 0 Å². The Balaban J connectivity index is 2.37. The molecule has 0 amide bonds. The molecule has 0 aromatic heterocycles. The Labute approximate surface area is 124 Å². The first-order valence-corrected chi connectivity index (χ1v) is 7.50. The number of nitrogens with zero attached hydrogens (tertiary/aromatic N) is 1. The number of rotatable bonds is 4. The summed E-state index contributed by atoms with van der Waals surface area (Å²) in [6.45, 7) is 6.02. The number of carbonyl (C=O) groups is 1. The van der Waals surface area contributed by atoms with Gasteiger partial charge in [-0.2, -0.15) is 0 Å². The van der Waals surface area contributed by atoms with Crippen LogP contribution < -0.4 is 0 Å². The molecule has 19 heavy (non-hydrogen) atoms. The highest BCUT2D eigenvalue weighted by Crippen LogP contribution is 2.33. The van der Waals surface area contributed by atoms with Gasteiger partial charge in [0.2, 0.25) is 0 Å². The standard InChI is InChI=1S/C15H19Cl2NO/c1-3-15(2,18-9-4-5-10-18)14(19)11-7-6-8-12(16)13(11)17/h6-8H,3-5,9-10H2,1-2H3. The van der Waals surface area contributed by atoms with Gasteiger partial charge in [0.05, 0.1) is 15.6 Å². The van der Waals surface area contributed by atoms with E-state index in [1.807, 2.05) is 6.92 Å². The zero-order valence-electron chi connectivity index (χ0n) is 11.4. The lowest BCUT2D eigenvalue weighted by molar-refractivity contribution is 0.0648. The van der Waals surface area contributed by atoms with Gasteiger partial charge in [-0.25, -0.2) is 0 Å². The summed E-state index contributed by atoms with van der Waals surface area (Å²) in [5, 5.41) is 0.806. The van der Waals surface area contributed by atoms with Crippen LogP contribution >= 0.6 is 23.2 Å². The first kappa shape index (κ1) is 14.8. The molecular weight excluding hydrogens is 281 g/mol. The number of hydrogen-bond acceptors (Lipinski definition) is 2. The van der Waals surface area contributed by atoms with Crippen LogP contribution in [0.5, 0.6) is 0 Å². The van der Waals surface area contributed by atoms with Gasteiger partial charge in [-0.05, 0) is 51.4 Å². The molecule has 1 aromatic rings. The molecule has 1 atom stereocenters. The van der Waals surface area contributed by atoms with Gasteiger partial charge in [0.15, 0.2) is 5.78 Å². The fraction of sp³-hybridized carbons (Fsp3) is 0.533. The van der Waals surface area contributed by atoms with Gasteiger partial charge in [0.1, 0.15) is 0 Å². The normalized spacial score (nSPS) is 19.4. The molecule has 1 fully saturated rings. The Morgan fingerprint density at radius 3 is 2.53 bits per heavy atom. The molecule has 0 radical (unpaired) electrons. The average molecular weight is 300 g/mol. The van der Waals surface area contributed by atoms with Gasteiger partial charge >= 0.3 is 0 Å². The highest BCUT2D eigenvalue weighted by Gasteiger charge is 2.40. The summed E-state index contributed by atoms with van der Waals surface area (Å²) in [5.41, 5.74) is 0.0515. The van der Waals surface area contributed by atoms with Crippen molar-refractivity contribution in [2.75, 3.05) is 13.1 Å². The minimum absolute atomic E-state index is 0.0735. The molecule has 2 rings (SSSR count). The molecule has 1 aromatic carbocycles. The maximum absolute atomic E-state index is 12.9. The first-order chi connectivity index (χ1) is 9.00. The van der Waals surface area contributed by atoms with Crippen molar-refractivity contribution in [1.82, 2.24) is 4.90 Å². The second-order valence-corrected chi connectivity index (χ2v) is 6.04. The second kappa shape index (κ2) is 5.82. The Hall–Kier alpha value is -0.570. The lowest BCUT2D eigenvalue weighted by atomic mass is 9.87. The number of ketones is 1. The van der Waals surface area contributed by atoms with E-state index in [-0.39, 0.29) is 5.78 Å². The largest absolute Gasteiger partial charge is 0.292 e. The summed E-state index contributed by atoms with van der Waals surface area (Å²) in [6.07, 6.45) is 3.09. The van der Waals surface area contributed by atoms with E-state index < -0.39 is 5.54 Å². The molecule has 4 heteroatoms. The van der Waals surface area contributed by atoms with Crippen molar-refractivity contribution in [3.05, 3.63) is 33.8 Å². The number of likely N-dealkylation sites (tertiary alicyclic amines) is 1. The molecule has 104 valence electrons. The van der Waals surface area contributed by atoms with Gasteiger partial charge in [0, 0.05) is 5.56 Å². The molecule has 0 saturated carbocycles. The predicted octanol–water partition coefficient (Wildman–Crippen LogP) is 4.44. The smallest absolute Gasteiger partial charge is 0.184 e. The summed E-state index contributed by atoms with van der Waals surface area (Å²) in [7, 11) is 0. The number of Topliss-reactive ketones (excluding diaryl/α,β-unsaturated/α-hetero) is 1. The third-order valence-corrected chi connectivity index (χ3v) is 5.00. The van der Waals surface area contributed by atoms with E-state index in [0.29, 0.717) is 15.6 Å². The van der Waals surface area contributed by atoms with Crippen molar-refractivity contribution in [3.8, 4) is 0 Å². The van der Waals surface area contributed by atoms with Gasteiger partial charge in [-0.15, -0.1) is 0 Å². The molecular formula is C15H19Cl2NO. The third kappa shape index (κ3) is 2.67. The van der Waals surface area contributed by atoms with Gasteiger partial charge in [-0.3, -0.25) is 9.69 Å². The number of hydrogen-bond donors (Lipinski definition) is 0. The maximum atomic E-state index is 12.9. The number of halogens is 2. The topological polar surface area (TPSA) is 20.3 Å². The lowest BCUT2D eigenvalue weighted by Gasteiger charge is -2.37. The van der Waals surface area contributed by atoms with Crippen LogP contribution in [0.25, 0.3) is 0 Å². The van der Waals surface area contributed by atoms with Gasteiger partial charge < -0.3 is 0 Å². The van der Waals surface area contributed by atoms with Crippen molar-refractivity contribution in [2.45, 2.75) is 38.6 Å². The minimum Gasteiger partial charge on any atom is -0.292 e. The summed E-state index contributed by atoms with van der Waals surface area (Å²) in [4.78, 5) is 15.1. The van der Waals surface area contributed by atoms with Crippen LogP contribution in [-0.4, -0.2) is 29.3 Å². The van der Waals surface area contributed by atoms with Gasteiger partial charge in [-0.1, -0.05) is 36.2 Å². The minimum atomic E-state index is -0.481. The van der Waals surface area contributed by atoms with E-state index in [1.54, 1.807) is 18.2 Å². The predicted molar refractivity (Wildman–Crippen MR) is 80.3 cm³/mol. The molecule has 0 spiro atoms. The van der Waals surface area contributed by atoms with Crippen LogP contribution in [0, 0.1) is 0 Å². The Morgan fingerprint density at radius 2 is 1.95 bits per heavy atom. The Bertz CT molecular complexity index is 483. The van der Waals surface area contributed by atoms with Crippen LogP contribution in [-0.2, 0) is 0 Å². The van der Waals surface area contributed by atoms with Crippen LogP contribution in [0.2, 0.25) is 10.0 Å². The van der Waals surface area contributed by atoms with E-state index in [1.165, 1.54) is 0 Å². The second-order valence-electron chi connectivity index (χ2n) is 5.25. The molecule has 0 bridgehead atoms. The summed E-state index contributed by atoms with van der Waals surface area (Å²) >= 11 is 12.2. The molecule has 1 unspecified atom stereocenters. The molecule has 0 aliphatic carbocycles. The highest BCUT2D eigenvalue weighted by atomic mass is 35.5. The van der Waals surface area contributed by atoms with E-state index in [4.69, 9.17) is 23.2 Å². The van der Waals surface area contributed by atoms with Gasteiger partial charge in [0.25, 0.3) is 0 Å². The lowest BCUT2D eigenvalue weighted by Crippen LogP contribution is -2.50. The molecule has 1 heterocycles. The zero-order valence-corrected chi connectivity index (χ0v) is 12.9. The SMILES string of the molecule is CCC(C)(C(=O)c1cccc(Cl)c1Cl)N1CCCC1. The summed E-state index contributed by atoms with van der Waals surface area (Å²) in [5.74, 6) is 0.0735. The quantitative estimate of drug-likeness (QED) is 0.766. The monoisotopic (exact) mass is 299 g/mol. The third-order valence-electron chi connectivity index (χ3n) is 4.18. The molecule has 1 saturated heterocycles. The highest BCUT2D eigenvalue weighted by molar-refractivity contribution is 6.44.